The predicted octanol–water partition coefficient (Wildman–Crippen LogP) is 13.0. The molecule has 1 rings (SSSR count). The third-order valence-corrected chi connectivity index (χ3v) is 14.4. The first kappa shape index (κ1) is 64.1. The highest BCUT2D eigenvalue weighted by atomic mass is 31.2. The molecule has 6 atom stereocenters. The molecular weight excluding hydrogens is 872 g/mol. The highest BCUT2D eigenvalue weighted by Crippen LogP contribution is 2.47. The van der Waals surface area contributed by atoms with E-state index in [1.807, 2.05) is 0 Å². The molecule has 67 heavy (non-hydrogen) atoms. The molecule has 0 aromatic rings. The van der Waals surface area contributed by atoms with Gasteiger partial charge in [-0.25, -0.2) is 4.57 Å². The van der Waals surface area contributed by atoms with Gasteiger partial charge in [-0.2, -0.15) is 0 Å². The Morgan fingerprint density at radius 1 is 0.463 bits per heavy atom. The summed E-state index contributed by atoms with van der Waals surface area (Å²) in [4.78, 5) is 23.3. The number of esters is 1. The normalized spacial score (nSPS) is 21.3. The van der Waals surface area contributed by atoms with Crippen LogP contribution in [0, 0.1) is 0 Å². The summed E-state index contributed by atoms with van der Waals surface area (Å²) in [5.41, 5.74) is 0. The minimum absolute atomic E-state index is 0.0708. The minimum atomic E-state index is -5.02. The number of carbonyl (C=O) groups excluding carboxylic acids is 1. The van der Waals surface area contributed by atoms with Crippen molar-refractivity contribution in [2.24, 2.45) is 0 Å². The summed E-state index contributed by atoms with van der Waals surface area (Å²) in [6.45, 7) is 4.32. The molecule has 6 N–H and O–H groups in total. The first-order valence-electron chi connectivity index (χ1n) is 28.0. The quantitative estimate of drug-likeness (QED) is 0.0146. The van der Waals surface area contributed by atoms with E-state index in [9.17, 15) is 39.8 Å². The van der Waals surface area contributed by atoms with Crippen molar-refractivity contribution in [2.75, 3.05) is 19.8 Å². The van der Waals surface area contributed by atoms with E-state index in [1.165, 1.54) is 199 Å². The summed E-state index contributed by atoms with van der Waals surface area (Å²) in [6, 6.07) is 0. The molecular formula is C54H105O12P. The zero-order chi connectivity index (χ0) is 49.1. The molecule has 6 unspecified atom stereocenters. The second-order valence-corrected chi connectivity index (χ2v) is 21.2. The number of ether oxygens (including phenoxy) is 2. The molecule has 0 amide bonds. The lowest BCUT2D eigenvalue weighted by atomic mass is 9.85. The Morgan fingerprint density at radius 2 is 0.791 bits per heavy atom. The second-order valence-electron chi connectivity index (χ2n) is 19.8. The number of carbonyl (C=O) groups is 1. The highest BCUT2D eigenvalue weighted by molar-refractivity contribution is 7.47. The minimum Gasteiger partial charge on any atom is -0.457 e. The highest BCUT2D eigenvalue weighted by Gasteiger charge is 2.51. The van der Waals surface area contributed by atoms with Gasteiger partial charge in [0.1, 0.15) is 42.7 Å². The molecule has 1 aliphatic carbocycles. The summed E-state index contributed by atoms with van der Waals surface area (Å²) in [7, 11) is -5.02. The number of aliphatic hydroxyl groups excluding tert-OH is 5. The standard InChI is InChI=1S/C54H105O12P/c1-3-5-7-9-11-13-15-17-19-21-23-24-25-27-29-31-33-35-37-39-41-43-48(55)65-47(46-64-67(61,62)66-54-52(59)50(57)49(56)51(58)53(54)60)45-63-44-42-40-38-36-34-32-30-28-26-22-20-18-16-14-12-10-8-6-4-2/h21,23,47,49-54,56-60H,3-20,22,24-46H2,1-2H3,(H,61,62)/b23-21-. The molecule has 0 radical (unpaired) electrons. The van der Waals surface area contributed by atoms with Crippen molar-refractivity contribution >= 4 is 13.8 Å². The number of aliphatic hydroxyl groups is 5. The Morgan fingerprint density at radius 3 is 1.18 bits per heavy atom. The van der Waals surface area contributed by atoms with Crippen molar-refractivity contribution in [3.63, 3.8) is 0 Å². The number of hydrogen-bond donors (Lipinski definition) is 6. The van der Waals surface area contributed by atoms with Gasteiger partial charge < -0.3 is 39.9 Å². The predicted molar refractivity (Wildman–Crippen MR) is 272 cm³/mol. The van der Waals surface area contributed by atoms with Gasteiger partial charge in [0.25, 0.3) is 0 Å². The van der Waals surface area contributed by atoms with Crippen LogP contribution in [-0.2, 0) is 27.9 Å². The number of hydrogen-bond acceptors (Lipinski definition) is 11. The second kappa shape index (κ2) is 45.0. The topological polar surface area (TPSA) is 192 Å². The SMILES string of the molecule is CCCCCCCCCC/C=C\CCCCCCCCCCCC(=O)OC(COCCCCCCCCCCCCCCCCCCCCC)COP(=O)(O)OC1C(O)C(O)C(O)C(O)C1O. The molecule has 1 fully saturated rings. The average molecular weight is 977 g/mol. The molecule has 0 saturated heterocycles. The van der Waals surface area contributed by atoms with Crippen molar-refractivity contribution in [1.29, 1.82) is 0 Å². The molecule has 0 aliphatic heterocycles. The smallest absolute Gasteiger partial charge is 0.457 e. The first-order chi connectivity index (χ1) is 32.5. The maximum absolute atomic E-state index is 12.9. The zero-order valence-corrected chi connectivity index (χ0v) is 43.9. The zero-order valence-electron chi connectivity index (χ0n) is 43.0. The van der Waals surface area contributed by atoms with Gasteiger partial charge in [-0.05, 0) is 38.5 Å². The van der Waals surface area contributed by atoms with Crippen LogP contribution in [0.15, 0.2) is 12.2 Å². The summed E-state index contributed by atoms with van der Waals surface area (Å²) in [5.74, 6) is -0.473. The maximum atomic E-state index is 12.9. The molecule has 0 heterocycles. The van der Waals surface area contributed by atoms with Crippen molar-refractivity contribution < 1.29 is 58.3 Å². The largest absolute Gasteiger partial charge is 0.472 e. The third-order valence-electron chi connectivity index (χ3n) is 13.4. The van der Waals surface area contributed by atoms with Crippen LogP contribution in [0.1, 0.15) is 264 Å². The lowest BCUT2D eigenvalue weighted by molar-refractivity contribution is -0.220. The number of allylic oxidation sites excluding steroid dienone is 2. The van der Waals surface area contributed by atoms with Crippen LogP contribution in [0.2, 0.25) is 0 Å². The van der Waals surface area contributed by atoms with Gasteiger partial charge in [-0.15, -0.1) is 0 Å². The Bertz CT molecular complexity index is 1160. The fourth-order valence-corrected chi connectivity index (χ4v) is 9.91. The molecule has 0 bridgehead atoms. The molecule has 13 heteroatoms. The Balaban J connectivity index is 2.29. The van der Waals surface area contributed by atoms with Gasteiger partial charge in [0.15, 0.2) is 0 Å². The number of rotatable bonds is 49. The van der Waals surface area contributed by atoms with Crippen LogP contribution in [0.3, 0.4) is 0 Å². The Kier molecular flexibility index (Phi) is 43.0. The molecule has 0 aromatic heterocycles. The lowest BCUT2D eigenvalue weighted by Crippen LogP contribution is -2.64. The van der Waals surface area contributed by atoms with Gasteiger partial charge in [-0.3, -0.25) is 13.8 Å². The summed E-state index contributed by atoms with van der Waals surface area (Å²) in [5, 5.41) is 50.4. The van der Waals surface area contributed by atoms with E-state index in [0.717, 1.165) is 38.5 Å². The van der Waals surface area contributed by atoms with Crippen molar-refractivity contribution in [3.8, 4) is 0 Å². The fraction of sp³-hybridized carbons (Fsp3) is 0.944. The summed E-state index contributed by atoms with van der Waals surface area (Å²) >= 11 is 0. The van der Waals surface area contributed by atoms with E-state index in [2.05, 4.69) is 26.0 Å². The van der Waals surface area contributed by atoms with E-state index < -0.39 is 63.1 Å². The van der Waals surface area contributed by atoms with Crippen molar-refractivity contribution in [2.45, 2.75) is 307 Å². The van der Waals surface area contributed by atoms with E-state index in [0.29, 0.717) is 13.0 Å². The van der Waals surface area contributed by atoms with Crippen LogP contribution in [0.4, 0.5) is 0 Å². The lowest BCUT2D eigenvalue weighted by Gasteiger charge is -2.41. The molecule has 398 valence electrons. The van der Waals surface area contributed by atoms with E-state index in [1.54, 1.807) is 0 Å². The van der Waals surface area contributed by atoms with Crippen LogP contribution < -0.4 is 0 Å². The Labute approximate surface area is 409 Å². The van der Waals surface area contributed by atoms with Crippen LogP contribution >= 0.6 is 7.82 Å². The molecule has 0 spiro atoms. The van der Waals surface area contributed by atoms with Crippen molar-refractivity contribution in [3.05, 3.63) is 12.2 Å². The van der Waals surface area contributed by atoms with Gasteiger partial charge in [-0.1, -0.05) is 231 Å². The molecule has 1 aliphatic rings. The first-order valence-corrected chi connectivity index (χ1v) is 29.5. The summed E-state index contributed by atoms with van der Waals surface area (Å²) < 4.78 is 34.4. The average Bonchev–Trinajstić information content (AvgIpc) is 3.31. The number of unbranched alkanes of at least 4 members (excludes halogenated alkanes) is 35. The summed E-state index contributed by atoms with van der Waals surface area (Å²) in [6.07, 6.45) is 39.9. The molecule has 1 saturated carbocycles. The third kappa shape index (κ3) is 36.6. The monoisotopic (exact) mass is 977 g/mol. The molecule has 0 aromatic carbocycles. The number of phosphoric acid groups is 1. The van der Waals surface area contributed by atoms with Gasteiger partial charge >= 0.3 is 13.8 Å². The van der Waals surface area contributed by atoms with Crippen LogP contribution in [0.5, 0.6) is 0 Å². The van der Waals surface area contributed by atoms with Gasteiger partial charge in [0, 0.05) is 13.0 Å². The van der Waals surface area contributed by atoms with Gasteiger partial charge in [0.2, 0.25) is 0 Å². The number of phosphoric ester groups is 1. The van der Waals surface area contributed by atoms with Crippen LogP contribution in [0.25, 0.3) is 0 Å². The van der Waals surface area contributed by atoms with E-state index in [-0.39, 0.29) is 13.0 Å². The Hall–Kier alpha value is -0.920. The fourth-order valence-electron chi connectivity index (χ4n) is 8.94. The van der Waals surface area contributed by atoms with E-state index >= 15 is 0 Å². The van der Waals surface area contributed by atoms with Crippen molar-refractivity contribution in [1.82, 2.24) is 0 Å². The van der Waals surface area contributed by atoms with E-state index in [4.69, 9.17) is 18.5 Å². The molecule has 12 nitrogen and oxygen atoms in total. The van der Waals surface area contributed by atoms with Crippen LogP contribution in [-0.4, -0.2) is 98.9 Å². The maximum Gasteiger partial charge on any atom is 0.472 e. The van der Waals surface area contributed by atoms with Gasteiger partial charge in [0.05, 0.1) is 13.2 Å².